The van der Waals surface area contributed by atoms with Crippen molar-refractivity contribution in [3.63, 3.8) is 0 Å². The van der Waals surface area contributed by atoms with Gasteiger partial charge < -0.3 is 14.5 Å². The highest BCUT2D eigenvalue weighted by atomic mass is 16.6. The van der Waals surface area contributed by atoms with Crippen LogP contribution in [0.3, 0.4) is 0 Å². The van der Waals surface area contributed by atoms with E-state index in [1.165, 1.54) is 30.9 Å². The highest BCUT2D eigenvalue weighted by Gasteiger charge is 2.27. The van der Waals surface area contributed by atoms with Crippen molar-refractivity contribution < 1.29 is 19.2 Å². The number of non-ortho nitro benzene ring substituents is 1. The predicted octanol–water partition coefficient (Wildman–Crippen LogP) is 2.91. The van der Waals surface area contributed by atoms with E-state index < -0.39 is 4.92 Å². The largest absolute Gasteiger partial charge is 0.496 e. The Labute approximate surface area is 175 Å². The van der Waals surface area contributed by atoms with Crippen molar-refractivity contribution in [3.8, 4) is 5.75 Å². The second-order valence-electron chi connectivity index (χ2n) is 7.15. The van der Waals surface area contributed by atoms with Crippen molar-refractivity contribution in [2.24, 2.45) is 0 Å². The predicted molar refractivity (Wildman–Crippen MR) is 112 cm³/mol. The van der Waals surface area contributed by atoms with Crippen LogP contribution in [-0.2, 0) is 11.2 Å². The standard InChI is InChI=1S/C22H25N3O5/c1-30-20-11-10-18(25(28)29)16-19(20)22(27)24-14-12-23(13-15-24)21(26)9-5-8-17-6-3-2-4-7-17/h2-4,6-7,10-11,16H,5,8-9,12-15H2,1H3. The zero-order chi connectivity index (χ0) is 21.5. The first-order chi connectivity index (χ1) is 14.5. The van der Waals surface area contributed by atoms with Gasteiger partial charge >= 0.3 is 0 Å². The molecule has 2 aromatic rings. The maximum Gasteiger partial charge on any atom is 0.270 e. The van der Waals surface area contributed by atoms with Crippen molar-refractivity contribution >= 4 is 17.5 Å². The lowest BCUT2D eigenvalue weighted by Crippen LogP contribution is -2.50. The van der Waals surface area contributed by atoms with Crippen LogP contribution in [0.5, 0.6) is 5.75 Å². The van der Waals surface area contributed by atoms with E-state index in [1.807, 2.05) is 18.2 Å². The molecule has 2 amide bonds. The summed E-state index contributed by atoms with van der Waals surface area (Å²) >= 11 is 0. The number of methoxy groups -OCH3 is 1. The molecule has 8 heteroatoms. The smallest absolute Gasteiger partial charge is 0.270 e. The zero-order valence-corrected chi connectivity index (χ0v) is 17.0. The highest BCUT2D eigenvalue weighted by molar-refractivity contribution is 5.97. The molecular formula is C22H25N3O5. The first-order valence-corrected chi connectivity index (χ1v) is 9.93. The van der Waals surface area contributed by atoms with Gasteiger partial charge in [0.05, 0.1) is 17.6 Å². The Hall–Kier alpha value is -3.42. The lowest BCUT2D eigenvalue weighted by molar-refractivity contribution is -0.384. The van der Waals surface area contributed by atoms with Gasteiger partial charge in [-0.05, 0) is 24.5 Å². The van der Waals surface area contributed by atoms with Gasteiger partial charge in [0.25, 0.3) is 11.6 Å². The molecule has 0 saturated carbocycles. The number of amides is 2. The van der Waals surface area contributed by atoms with Crippen molar-refractivity contribution in [2.45, 2.75) is 19.3 Å². The minimum absolute atomic E-state index is 0.0889. The van der Waals surface area contributed by atoms with Crippen molar-refractivity contribution in [1.82, 2.24) is 9.80 Å². The van der Waals surface area contributed by atoms with Crippen LogP contribution in [0.15, 0.2) is 48.5 Å². The van der Waals surface area contributed by atoms with Gasteiger partial charge in [0.2, 0.25) is 5.91 Å². The summed E-state index contributed by atoms with van der Waals surface area (Å²) in [5.74, 6) is 0.0581. The first-order valence-electron chi connectivity index (χ1n) is 9.93. The minimum Gasteiger partial charge on any atom is -0.496 e. The number of carbonyl (C=O) groups is 2. The van der Waals surface area contributed by atoms with E-state index in [9.17, 15) is 19.7 Å². The fourth-order valence-electron chi connectivity index (χ4n) is 3.55. The fourth-order valence-corrected chi connectivity index (χ4v) is 3.55. The summed E-state index contributed by atoms with van der Waals surface area (Å²) in [6, 6.07) is 14.0. The number of benzene rings is 2. The van der Waals surface area contributed by atoms with E-state index in [0.29, 0.717) is 38.3 Å². The highest BCUT2D eigenvalue weighted by Crippen LogP contribution is 2.26. The van der Waals surface area contributed by atoms with E-state index in [4.69, 9.17) is 4.74 Å². The fraction of sp³-hybridized carbons (Fsp3) is 0.364. The van der Waals surface area contributed by atoms with Crippen molar-refractivity contribution in [1.29, 1.82) is 0 Å². The Morgan fingerprint density at radius 1 is 1.03 bits per heavy atom. The lowest BCUT2D eigenvalue weighted by atomic mass is 10.1. The number of aryl methyl sites for hydroxylation is 1. The van der Waals surface area contributed by atoms with Crippen LogP contribution in [0, 0.1) is 10.1 Å². The van der Waals surface area contributed by atoms with E-state index in [-0.39, 0.29) is 23.1 Å². The summed E-state index contributed by atoms with van der Waals surface area (Å²) in [6.45, 7) is 1.67. The average molecular weight is 411 g/mol. The normalized spacial score (nSPS) is 13.8. The number of carbonyl (C=O) groups excluding carboxylic acids is 2. The second kappa shape index (κ2) is 9.87. The van der Waals surface area contributed by atoms with Gasteiger partial charge in [0, 0.05) is 44.7 Å². The number of rotatable bonds is 7. The number of hydrogen-bond acceptors (Lipinski definition) is 5. The molecule has 0 bridgehead atoms. The number of ether oxygens (including phenoxy) is 1. The van der Waals surface area contributed by atoms with Gasteiger partial charge in [-0.15, -0.1) is 0 Å². The van der Waals surface area contributed by atoms with Crippen molar-refractivity contribution in [3.05, 3.63) is 69.8 Å². The molecule has 0 aliphatic carbocycles. The Balaban J connectivity index is 1.53. The SMILES string of the molecule is COc1ccc([N+](=O)[O-])cc1C(=O)N1CCN(C(=O)CCCc2ccccc2)CC1. The van der Waals surface area contributed by atoms with E-state index >= 15 is 0 Å². The Morgan fingerprint density at radius 3 is 2.33 bits per heavy atom. The Morgan fingerprint density at radius 2 is 1.70 bits per heavy atom. The third-order valence-electron chi connectivity index (χ3n) is 5.24. The van der Waals surface area contributed by atoms with Gasteiger partial charge in [-0.2, -0.15) is 0 Å². The minimum atomic E-state index is -0.539. The molecule has 1 saturated heterocycles. The molecule has 0 unspecified atom stereocenters. The number of nitro groups is 1. The van der Waals surface area contributed by atoms with Crippen LogP contribution in [0.1, 0.15) is 28.8 Å². The molecule has 0 aromatic heterocycles. The molecule has 1 fully saturated rings. The molecule has 158 valence electrons. The molecule has 2 aromatic carbocycles. The van der Waals surface area contributed by atoms with Crippen LogP contribution in [0.4, 0.5) is 5.69 Å². The molecule has 0 radical (unpaired) electrons. The molecule has 8 nitrogen and oxygen atoms in total. The summed E-state index contributed by atoms with van der Waals surface area (Å²) in [6.07, 6.45) is 2.12. The van der Waals surface area contributed by atoms with E-state index in [2.05, 4.69) is 12.1 Å². The van der Waals surface area contributed by atoms with Gasteiger partial charge in [-0.1, -0.05) is 30.3 Å². The van der Waals surface area contributed by atoms with Gasteiger partial charge in [-0.3, -0.25) is 19.7 Å². The van der Waals surface area contributed by atoms with Crippen molar-refractivity contribution in [2.75, 3.05) is 33.3 Å². The molecule has 1 heterocycles. The number of nitro benzene ring substituents is 1. The summed E-state index contributed by atoms with van der Waals surface area (Å²) in [5.41, 5.74) is 1.22. The monoisotopic (exact) mass is 411 g/mol. The quantitative estimate of drug-likeness (QED) is 0.516. The van der Waals surface area contributed by atoms with Crippen LogP contribution in [0.25, 0.3) is 0 Å². The third kappa shape index (κ3) is 5.14. The first kappa shape index (κ1) is 21.3. The third-order valence-corrected chi connectivity index (χ3v) is 5.24. The Kier molecular flexibility index (Phi) is 7.00. The summed E-state index contributed by atoms with van der Waals surface area (Å²) in [5, 5.41) is 11.0. The summed E-state index contributed by atoms with van der Waals surface area (Å²) < 4.78 is 5.20. The second-order valence-corrected chi connectivity index (χ2v) is 7.15. The van der Waals surface area contributed by atoms with Crippen LogP contribution in [-0.4, -0.2) is 59.8 Å². The summed E-state index contributed by atoms with van der Waals surface area (Å²) in [7, 11) is 1.42. The molecule has 30 heavy (non-hydrogen) atoms. The average Bonchev–Trinajstić information content (AvgIpc) is 2.78. The molecule has 0 atom stereocenters. The maximum absolute atomic E-state index is 12.9. The van der Waals surface area contributed by atoms with Gasteiger partial charge in [0.15, 0.2) is 0 Å². The molecule has 1 aliphatic heterocycles. The molecule has 0 N–H and O–H groups in total. The number of piperazine rings is 1. The van der Waals surface area contributed by atoms with Crippen LogP contribution >= 0.6 is 0 Å². The lowest BCUT2D eigenvalue weighted by Gasteiger charge is -2.35. The van der Waals surface area contributed by atoms with E-state index in [1.54, 1.807) is 9.80 Å². The van der Waals surface area contributed by atoms with E-state index in [0.717, 1.165) is 12.8 Å². The number of nitrogens with zero attached hydrogens (tertiary/aromatic N) is 3. The Bertz CT molecular complexity index is 908. The maximum atomic E-state index is 12.9. The molecular weight excluding hydrogens is 386 g/mol. The number of hydrogen-bond donors (Lipinski definition) is 0. The molecule has 1 aliphatic rings. The molecule has 0 spiro atoms. The van der Waals surface area contributed by atoms with Gasteiger partial charge in [-0.25, -0.2) is 0 Å². The zero-order valence-electron chi connectivity index (χ0n) is 17.0. The van der Waals surface area contributed by atoms with Gasteiger partial charge in [0.1, 0.15) is 5.75 Å². The van der Waals surface area contributed by atoms with Crippen LogP contribution in [0.2, 0.25) is 0 Å². The summed E-state index contributed by atoms with van der Waals surface area (Å²) in [4.78, 5) is 39.2. The van der Waals surface area contributed by atoms with Crippen LogP contribution < -0.4 is 4.74 Å². The topological polar surface area (TPSA) is 93.0 Å². The molecule has 3 rings (SSSR count).